The molecular formula is C13H27N3O. The van der Waals surface area contributed by atoms with E-state index < -0.39 is 0 Å². The van der Waals surface area contributed by atoms with Crippen LogP contribution in [-0.4, -0.2) is 24.6 Å². The van der Waals surface area contributed by atoms with Crippen molar-refractivity contribution in [2.75, 3.05) is 7.11 Å². The number of hydrogen-bond acceptors (Lipinski definition) is 3. The minimum absolute atomic E-state index is 0.388. The normalized spacial score (nSPS) is 22.9. The third-order valence-corrected chi connectivity index (χ3v) is 3.90. The number of nitrogens with one attached hydrogen (secondary N) is 1. The molecular weight excluding hydrogens is 214 g/mol. The molecule has 1 aliphatic carbocycles. The van der Waals surface area contributed by atoms with Crippen LogP contribution in [-0.2, 0) is 4.74 Å². The van der Waals surface area contributed by atoms with E-state index in [4.69, 9.17) is 15.6 Å². The minimum atomic E-state index is -0.388. The lowest BCUT2D eigenvalue weighted by atomic mass is 10.0. The van der Waals surface area contributed by atoms with Crippen LogP contribution >= 0.6 is 0 Å². The standard InChI is InChI=1S/C13H27N3O/c1-4-13(2,17-3)12(16-14)15-11-9-7-5-6-8-10-11/h11H,4-10,14H2,1-3H3,(H,15,16). The van der Waals surface area contributed by atoms with Crippen LogP contribution in [0.15, 0.2) is 4.99 Å². The fourth-order valence-electron chi connectivity index (χ4n) is 2.30. The molecule has 100 valence electrons. The zero-order chi connectivity index (χ0) is 12.7. The van der Waals surface area contributed by atoms with E-state index in [0.29, 0.717) is 6.04 Å². The molecule has 1 saturated carbocycles. The van der Waals surface area contributed by atoms with Gasteiger partial charge in [0.25, 0.3) is 0 Å². The SMILES string of the molecule is CCC(C)(OC)C(=NC1CCCCCC1)NN. The van der Waals surface area contributed by atoms with Crippen molar-refractivity contribution < 1.29 is 4.74 Å². The highest BCUT2D eigenvalue weighted by atomic mass is 16.5. The molecule has 0 spiro atoms. The Kier molecular flexibility index (Phi) is 5.92. The molecule has 4 nitrogen and oxygen atoms in total. The fourth-order valence-corrected chi connectivity index (χ4v) is 2.30. The molecule has 0 bridgehead atoms. The van der Waals surface area contributed by atoms with Gasteiger partial charge >= 0.3 is 0 Å². The Labute approximate surface area is 105 Å². The summed E-state index contributed by atoms with van der Waals surface area (Å²) in [6.45, 7) is 4.12. The first-order valence-electron chi connectivity index (χ1n) is 6.76. The van der Waals surface area contributed by atoms with Gasteiger partial charge in [-0.3, -0.25) is 4.99 Å². The lowest BCUT2D eigenvalue weighted by Gasteiger charge is -2.29. The van der Waals surface area contributed by atoms with Gasteiger partial charge in [-0.1, -0.05) is 32.6 Å². The molecule has 1 atom stereocenters. The van der Waals surface area contributed by atoms with E-state index in [-0.39, 0.29) is 5.60 Å². The van der Waals surface area contributed by atoms with E-state index >= 15 is 0 Å². The molecule has 17 heavy (non-hydrogen) atoms. The number of amidine groups is 1. The molecule has 1 rings (SSSR count). The molecule has 4 heteroatoms. The molecule has 1 unspecified atom stereocenters. The molecule has 0 radical (unpaired) electrons. The van der Waals surface area contributed by atoms with Crippen LogP contribution in [0.1, 0.15) is 58.8 Å². The van der Waals surface area contributed by atoms with Crippen molar-refractivity contribution in [3.05, 3.63) is 0 Å². The van der Waals surface area contributed by atoms with Crippen molar-refractivity contribution >= 4 is 5.84 Å². The predicted octanol–water partition coefficient (Wildman–Crippen LogP) is 2.39. The Morgan fingerprint density at radius 3 is 2.35 bits per heavy atom. The Balaban J connectivity index is 2.76. The highest BCUT2D eigenvalue weighted by Crippen LogP contribution is 2.22. The van der Waals surface area contributed by atoms with E-state index in [1.807, 2.05) is 6.92 Å². The summed E-state index contributed by atoms with van der Waals surface area (Å²) in [4.78, 5) is 4.78. The van der Waals surface area contributed by atoms with Gasteiger partial charge in [0.2, 0.25) is 0 Å². The Hall–Kier alpha value is -0.610. The van der Waals surface area contributed by atoms with E-state index in [1.165, 1.54) is 38.5 Å². The van der Waals surface area contributed by atoms with E-state index in [0.717, 1.165) is 12.3 Å². The van der Waals surface area contributed by atoms with Crippen molar-refractivity contribution in [2.45, 2.75) is 70.4 Å². The van der Waals surface area contributed by atoms with Crippen molar-refractivity contribution in [3.63, 3.8) is 0 Å². The average molecular weight is 241 g/mol. The van der Waals surface area contributed by atoms with Crippen LogP contribution in [0, 0.1) is 0 Å². The monoisotopic (exact) mass is 241 g/mol. The van der Waals surface area contributed by atoms with Crippen molar-refractivity contribution in [3.8, 4) is 0 Å². The maximum atomic E-state index is 5.61. The summed E-state index contributed by atoms with van der Waals surface area (Å²) in [5, 5.41) is 0. The molecule has 0 aliphatic heterocycles. The van der Waals surface area contributed by atoms with Crippen LogP contribution in [0.3, 0.4) is 0 Å². The van der Waals surface area contributed by atoms with Crippen LogP contribution in [0.4, 0.5) is 0 Å². The molecule has 1 fully saturated rings. The highest BCUT2D eigenvalue weighted by Gasteiger charge is 2.29. The van der Waals surface area contributed by atoms with Gasteiger partial charge < -0.3 is 10.2 Å². The molecule has 1 aliphatic rings. The zero-order valence-corrected chi connectivity index (χ0v) is 11.5. The quantitative estimate of drug-likeness (QED) is 0.261. The number of methoxy groups -OCH3 is 1. The van der Waals surface area contributed by atoms with Crippen molar-refractivity contribution in [1.82, 2.24) is 5.43 Å². The fraction of sp³-hybridized carbons (Fsp3) is 0.923. The number of aliphatic imine (C=N–C) groups is 1. The third kappa shape index (κ3) is 3.96. The molecule has 3 N–H and O–H groups in total. The minimum Gasteiger partial charge on any atom is -0.371 e. The Morgan fingerprint density at radius 2 is 1.94 bits per heavy atom. The largest absolute Gasteiger partial charge is 0.371 e. The summed E-state index contributed by atoms with van der Waals surface area (Å²) in [6.07, 6.45) is 8.45. The summed E-state index contributed by atoms with van der Waals surface area (Å²) >= 11 is 0. The second-order valence-electron chi connectivity index (χ2n) is 5.06. The molecule has 0 aromatic carbocycles. The zero-order valence-electron chi connectivity index (χ0n) is 11.5. The topological polar surface area (TPSA) is 59.6 Å². The van der Waals surface area contributed by atoms with Gasteiger partial charge in [0, 0.05) is 7.11 Å². The summed E-state index contributed by atoms with van der Waals surface area (Å²) < 4.78 is 5.54. The van der Waals surface area contributed by atoms with E-state index in [1.54, 1.807) is 7.11 Å². The van der Waals surface area contributed by atoms with Crippen LogP contribution in [0.25, 0.3) is 0 Å². The number of ether oxygens (including phenoxy) is 1. The second kappa shape index (κ2) is 6.97. The number of hydrogen-bond donors (Lipinski definition) is 2. The van der Waals surface area contributed by atoms with Crippen molar-refractivity contribution in [2.24, 2.45) is 10.8 Å². The lowest BCUT2D eigenvalue weighted by molar-refractivity contribution is 0.0594. The van der Waals surface area contributed by atoms with Gasteiger partial charge in [0.1, 0.15) is 11.4 Å². The van der Waals surface area contributed by atoms with E-state index in [2.05, 4.69) is 12.3 Å². The molecule has 0 aromatic rings. The van der Waals surface area contributed by atoms with Gasteiger partial charge in [-0.2, -0.15) is 0 Å². The van der Waals surface area contributed by atoms with Crippen LogP contribution in [0.2, 0.25) is 0 Å². The smallest absolute Gasteiger partial charge is 0.143 e. The number of nitrogens with two attached hydrogens (primary N) is 1. The van der Waals surface area contributed by atoms with Gasteiger partial charge in [-0.05, 0) is 26.2 Å². The predicted molar refractivity (Wildman–Crippen MR) is 72.0 cm³/mol. The molecule has 0 heterocycles. The highest BCUT2D eigenvalue weighted by molar-refractivity contribution is 5.89. The third-order valence-electron chi connectivity index (χ3n) is 3.90. The van der Waals surface area contributed by atoms with Gasteiger partial charge in [-0.15, -0.1) is 0 Å². The first kappa shape index (κ1) is 14.5. The Morgan fingerprint density at radius 1 is 1.35 bits per heavy atom. The number of hydrazine groups is 1. The van der Waals surface area contributed by atoms with Crippen LogP contribution in [0.5, 0.6) is 0 Å². The Bertz CT molecular complexity index is 241. The maximum Gasteiger partial charge on any atom is 0.143 e. The van der Waals surface area contributed by atoms with Crippen LogP contribution < -0.4 is 11.3 Å². The average Bonchev–Trinajstić information content (AvgIpc) is 2.63. The molecule has 0 amide bonds. The second-order valence-corrected chi connectivity index (χ2v) is 5.06. The van der Waals surface area contributed by atoms with E-state index in [9.17, 15) is 0 Å². The van der Waals surface area contributed by atoms with Gasteiger partial charge in [-0.25, -0.2) is 5.84 Å². The maximum absolute atomic E-state index is 5.61. The number of rotatable bonds is 4. The first-order chi connectivity index (χ1) is 8.16. The summed E-state index contributed by atoms with van der Waals surface area (Å²) in [6, 6.07) is 0.407. The summed E-state index contributed by atoms with van der Waals surface area (Å²) in [5.74, 6) is 6.39. The molecule has 0 saturated heterocycles. The summed E-state index contributed by atoms with van der Waals surface area (Å²) in [5.41, 5.74) is 2.35. The van der Waals surface area contributed by atoms with Gasteiger partial charge in [0.05, 0.1) is 6.04 Å². The van der Waals surface area contributed by atoms with Crippen molar-refractivity contribution in [1.29, 1.82) is 0 Å². The van der Waals surface area contributed by atoms with Gasteiger partial charge in [0.15, 0.2) is 0 Å². The molecule has 0 aromatic heterocycles. The number of nitrogens with zero attached hydrogens (tertiary/aromatic N) is 1. The lowest BCUT2D eigenvalue weighted by Crippen LogP contribution is -2.49. The first-order valence-corrected chi connectivity index (χ1v) is 6.76. The summed E-state index contributed by atoms with van der Waals surface area (Å²) in [7, 11) is 1.71.